The highest BCUT2D eigenvalue weighted by molar-refractivity contribution is 6.31. The number of benzene rings is 3. The number of nitrogens with one attached hydrogen (secondary N) is 1. The number of aliphatic imine (C=N–C) groups is 1. The van der Waals surface area contributed by atoms with Gasteiger partial charge in [0.1, 0.15) is 33.7 Å². The van der Waals surface area contributed by atoms with Crippen LogP contribution in [0.25, 0.3) is 5.76 Å². The van der Waals surface area contributed by atoms with Gasteiger partial charge in [0.15, 0.2) is 23.1 Å². The third kappa shape index (κ3) is 7.04. The second-order valence-corrected chi connectivity index (χ2v) is 8.84. The van der Waals surface area contributed by atoms with Crippen molar-refractivity contribution in [1.29, 1.82) is 0 Å². The van der Waals surface area contributed by atoms with Crippen molar-refractivity contribution < 1.29 is 46.8 Å². The Morgan fingerprint density at radius 3 is 2.37 bits per heavy atom. The molecule has 0 saturated heterocycles. The third-order valence-electron chi connectivity index (χ3n) is 5.96. The maximum Gasteiger partial charge on any atom is 0.343 e. The third-order valence-corrected chi connectivity index (χ3v) is 6.29. The molecule has 0 unspecified atom stereocenters. The lowest BCUT2D eigenvalue weighted by Gasteiger charge is -2.14. The van der Waals surface area contributed by atoms with Gasteiger partial charge in [-0.3, -0.25) is 4.99 Å². The Kier molecular flexibility index (Phi) is 11.0. The zero-order chi connectivity index (χ0) is 31.8. The number of hydrogen-bond donors (Lipinski definition) is 3. The molecule has 0 amide bonds. The van der Waals surface area contributed by atoms with Gasteiger partial charge in [-0.25, -0.2) is 22.4 Å². The summed E-state index contributed by atoms with van der Waals surface area (Å²) in [4.78, 5) is 27.9. The van der Waals surface area contributed by atoms with Crippen molar-refractivity contribution in [3.05, 3.63) is 85.8 Å². The van der Waals surface area contributed by atoms with E-state index < -0.39 is 63.5 Å². The molecule has 228 valence electrons. The second kappa shape index (κ2) is 14.5. The molecule has 0 bridgehead atoms. The number of rotatable bonds is 12. The van der Waals surface area contributed by atoms with E-state index in [0.29, 0.717) is 23.3 Å². The van der Waals surface area contributed by atoms with Gasteiger partial charge in [0.25, 0.3) is 0 Å². The second-order valence-electron chi connectivity index (χ2n) is 8.46. The number of anilines is 1. The van der Waals surface area contributed by atoms with Crippen LogP contribution in [0.5, 0.6) is 11.5 Å². The van der Waals surface area contributed by atoms with Crippen LogP contribution in [0.1, 0.15) is 23.6 Å². The molecule has 3 aromatic carbocycles. The molecule has 0 radical (unpaired) electrons. The number of methoxy groups -OCH3 is 2. The molecule has 43 heavy (non-hydrogen) atoms. The molecule has 3 N–H and O–H groups in total. The molecule has 0 spiro atoms. The topological polar surface area (TPSA) is 139 Å². The van der Waals surface area contributed by atoms with Crippen molar-refractivity contribution in [2.24, 2.45) is 10.2 Å². The van der Waals surface area contributed by atoms with E-state index in [2.05, 4.69) is 15.5 Å². The number of carbonyl (C=O) groups is 1. The van der Waals surface area contributed by atoms with Gasteiger partial charge < -0.3 is 29.7 Å². The average Bonchev–Trinajstić information content (AvgIpc) is 3.01. The van der Waals surface area contributed by atoms with Gasteiger partial charge in [-0.2, -0.15) is 0 Å². The van der Waals surface area contributed by atoms with Crippen LogP contribution in [0.4, 0.5) is 34.6 Å². The molecule has 0 atom stereocenters. The maximum atomic E-state index is 14.9. The van der Waals surface area contributed by atoms with E-state index in [1.165, 1.54) is 27.2 Å². The molecule has 10 nitrogen and oxygen atoms in total. The Morgan fingerprint density at radius 2 is 1.77 bits per heavy atom. The predicted octanol–water partition coefficient (Wildman–Crippen LogP) is 6.65. The number of nitroso groups, excluding NO2 is 1. The Bertz CT molecular complexity index is 1620. The van der Waals surface area contributed by atoms with Crippen LogP contribution in [-0.2, 0) is 22.7 Å². The van der Waals surface area contributed by atoms with E-state index in [1.54, 1.807) is 18.2 Å². The smallest absolute Gasteiger partial charge is 0.343 e. The summed E-state index contributed by atoms with van der Waals surface area (Å²) >= 11 is 5.46. The van der Waals surface area contributed by atoms with Crippen molar-refractivity contribution >= 4 is 46.6 Å². The number of nitrogens with zero attached hydrogens (tertiary/aromatic N) is 2. The fraction of sp³-hybridized carbons (Fsp3) is 0.214. The number of halogens is 5. The summed E-state index contributed by atoms with van der Waals surface area (Å²) in [5, 5.41) is 24.2. The minimum atomic E-state index is -1.98. The van der Waals surface area contributed by atoms with Crippen molar-refractivity contribution in [3.63, 3.8) is 0 Å². The molecule has 3 aromatic rings. The Balaban J connectivity index is 2.11. The molecule has 0 aliphatic carbocycles. The van der Waals surface area contributed by atoms with E-state index in [0.717, 1.165) is 6.07 Å². The lowest BCUT2D eigenvalue weighted by atomic mass is 10.0. The van der Waals surface area contributed by atoms with Crippen molar-refractivity contribution in [2.75, 3.05) is 26.1 Å². The molecule has 15 heteroatoms. The zero-order valence-corrected chi connectivity index (χ0v) is 23.6. The zero-order valence-electron chi connectivity index (χ0n) is 22.8. The van der Waals surface area contributed by atoms with Crippen LogP contribution < -0.4 is 14.8 Å². The van der Waals surface area contributed by atoms with E-state index in [1.807, 2.05) is 0 Å². The van der Waals surface area contributed by atoms with E-state index in [9.17, 15) is 37.5 Å². The quantitative estimate of drug-likeness (QED) is 0.0297. The van der Waals surface area contributed by atoms with Crippen LogP contribution in [0.15, 0.2) is 46.1 Å². The first kappa shape index (κ1) is 32.8. The molecular formula is C28H24ClF4N3O7. The highest BCUT2D eigenvalue weighted by Crippen LogP contribution is 2.38. The molecular weight excluding hydrogens is 602 g/mol. The predicted molar refractivity (Wildman–Crippen MR) is 150 cm³/mol. The van der Waals surface area contributed by atoms with Crippen LogP contribution in [0.2, 0.25) is 5.02 Å². The summed E-state index contributed by atoms with van der Waals surface area (Å²) in [6, 6.07) is 7.11. The largest absolute Gasteiger partial charge is 0.506 e. The van der Waals surface area contributed by atoms with Crippen LogP contribution in [0, 0.1) is 28.2 Å². The van der Waals surface area contributed by atoms with Gasteiger partial charge in [-0.15, -0.1) is 4.91 Å². The first-order valence-electron chi connectivity index (χ1n) is 12.2. The molecule has 0 aliphatic rings. The van der Waals surface area contributed by atoms with Gasteiger partial charge in [-0.05, 0) is 36.4 Å². The molecule has 0 fully saturated rings. The van der Waals surface area contributed by atoms with E-state index in [4.69, 9.17) is 25.8 Å². The van der Waals surface area contributed by atoms with Crippen LogP contribution in [0.3, 0.4) is 0 Å². The van der Waals surface area contributed by atoms with Crippen molar-refractivity contribution in [1.82, 2.24) is 0 Å². The number of hydrogen-bond acceptors (Lipinski definition) is 10. The molecule has 0 saturated carbocycles. The lowest BCUT2D eigenvalue weighted by Crippen LogP contribution is -2.12. The van der Waals surface area contributed by atoms with Crippen molar-refractivity contribution in [3.8, 4) is 11.5 Å². The van der Waals surface area contributed by atoms with E-state index in [-0.39, 0.29) is 30.1 Å². The van der Waals surface area contributed by atoms with Gasteiger partial charge in [0, 0.05) is 30.0 Å². The van der Waals surface area contributed by atoms with Crippen LogP contribution in [-0.4, -0.2) is 43.2 Å². The first-order valence-corrected chi connectivity index (χ1v) is 12.6. The summed E-state index contributed by atoms with van der Waals surface area (Å²) in [7, 11) is 2.93. The Hall–Kier alpha value is -4.69. The fourth-order valence-corrected chi connectivity index (χ4v) is 3.96. The number of esters is 1. The summed E-state index contributed by atoms with van der Waals surface area (Å²) in [6.45, 7) is 0.507. The number of ether oxygens (including phenoxy) is 3. The van der Waals surface area contributed by atoms with Crippen LogP contribution >= 0.6 is 11.6 Å². The van der Waals surface area contributed by atoms with Crippen molar-refractivity contribution in [2.45, 2.75) is 20.1 Å². The monoisotopic (exact) mass is 625 g/mol. The number of aliphatic hydroxyl groups is 2. The highest BCUT2D eigenvalue weighted by Gasteiger charge is 2.30. The maximum absolute atomic E-state index is 14.9. The normalized spacial score (nSPS) is 11.7. The summed E-state index contributed by atoms with van der Waals surface area (Å²) in [5.41, 5.74) is -3.43. The van der Waals surface area contributed by atoms with Gasteiger partial charge in [-0.1, -0.05) is 11.6 Å². The minimum absolute atomic E-state index is 0.0676. The van der Waals surface area contributed by atoms with Gasteiger partial charge >= 0.3 is 5.97 Å². The average molecular weight is 626 g/mol. The summed E-state index contributed by atoms with van der Waals surface area (Å²) < 4.78 is 73.2. The summed E-state index contributed by atoms with van der Waals surface area (Å²) in [5.74, 6) is -8.24. The molecule has 0 heterocycles. The van der Waals surface area contributed by atoms with Gasteiger partial charge in [0.2, 0.25) is 0 Å². The highest BCUT2D eigenvalue weighted by atomic mass is 35.5. The Morgan fingerprint density at radius 1 is 1.05 bits per heavy atom. The Labute approximate surface area is 247 Å². The molecule has 3 rings (SSSR count). The fourth-order valence-electron chi connectivity index (χ4n) is 3.78. The SMILES string of the molecule is CCOC(=O)/C(C=Nc1cc(NCc2ccc(OC)cc2OC)c(F)cc1CO)=C(\O)c1c(F)c(Cl)c(F)c(F)c1N=O. The lowest BCUT2D eigenvalue weighted by molar-refractivity contribution is -0.137. The number of aliphatic hydroxyl groups excluding tert-OH is 2. The molecule has 0 aliphatic heterocycles. The van der Waals surface area contributed by atoms with Gasteiger partial charge in [0.05, 0.1) is 44.4 Å². The number of carbonyl (C=O) groups excluding carboxylic acids is 1. The standard InChI is InChI=1S/C28H24ClF4N3O7/c1-4-43-28(39)16(27(38)21-23(31)22(29)24(32)25(33)26(21)36-40)11-35-18-9-19(17(30)7-14(18)12-37)34-10-13-5-6-15(41-2)8-20(13)42-3/h5-9,11,34,37-38H,4,10,12H2,1-3H3/b27-16-,35-11?. The van der Waals surface area contributed by atoms with E-state index >= 15 is 0 Å². The first-order chi connectivity index (χ1) is 20.5. The molecule has 0 aromatic heterocycles. The summed E-state index contributed by atoms with van der Waals surface area (Å²) in [6.07, 6.45) is 0.638. The minimum Gasteiger partial charge on any atom is -0.506 e.